The molecule has 2 aromatic rings. The fourth-order valence-electron chi connectivity index (χ4n) is 2.10. The third-order valence-corrected chi connectivity index (χ3v) is 3.69. The molecule has 0 saturated carbocycles. The van der Waals surface area contributed by atoms with Crippen molar-refractivity contribution in [3.05, 3.63) is 58.1 Å². The van der Waals surface area contributed by atoms with Crippen LogP contribution < -0.4 is 10.6 Å². The van der Waals surface area contributed by atoms with Gasteiger partial charge in [-0.3, -0.25) is 4.79 Å². The maximum absolute atomic E-state index is 12.3. The zero-order valence-electron chi connectivity index (χ0n) is 12.5. The van der Waals surface area contributed by atoms with Crippen molar-refractivity contribution in [2.75, 3.05) is 17.2 Å². The summed E-state index contributed by atoms with van der Waals surface area (Å²) in [6, 6.07) is 11.2. The molecule has 2 N–H and O–H groups in total. The first-order valence-corrected chi connectivity index (χ1v) is 7.31. The Hall–Kier alpha value is -2.00. The maximum atomic E-state index is 12.3. The molecule has 2 rings (SSSR count). The number of nitrogens with one attached hydrogen (secondary N) is 2. The largest absolute Gasteiger partial charge is 0.385 e. The highest BCUT2D eigenvalue weighted by atomic mass is 35.5. The topological polar surface area (TPSA) is 41.1 Å². The summed E-state index contributed by atoms with van der Waals surface area (Å²) in [7, 11) is 0. The van der Waals surface area contributed by atoms with Gasteiger partial charge in [-0.15, -0.1) is 0 Å². The molecule has 1 amide bonds. The van der Waals surface area contributed by atoms with Gasteiger partial charge in [-0.2, -0.15) is 0 Å². The van der Waals surface area contributed by atoms with Crippen molar-refractivity contribution >= 4 is 28.9 Å². The highest BCUT2D eigenvalue weighted by Gasteiger charge is 2.10. The highest BCUT2D eigenvalue weighted by molar-refractivity contribution is 6.31. The molecule has 0 aromatic heterocycles. The van der Waals surface area contributed by atoms with Gasteiger partial charge in [-0.25, -0.2) is 0 Å². The van der Waals surface area contributed by atoms with Crippen molar-refractivity contribution in [2.24, 2.45) is 0 Å². The number of anilines is 2. The van der Waals surface area contributed by atoms with E-state index in [0.717, 1.165) is 23.4 Å². The molecule has 0 radical (unpaired) electrons. The lowest BCUT2D eigenvalue weighted by Crippen LogP contribution is -2.13. The minimum absolute atomic E-state index is 0.129. The van der Waals surface area contributed by atoms with Gasteiger partial charge in [0, 0.05) is 28.5 Å². The number of carbonyl (C=O) groups is 1. The molecule has 0 heterocycles. The van der Waals surface area contributed by atoms with Gasteiger partial charge in [0.25, 0.3) is 5.91 Å². The van der Waals surface area contributed by atoms with Gasteiger partial charge in [0.1, 0.15) is 0 Å². The minimum Gasteiger partial charge on any atom is -0.385 e. The quantitative estimate of drug-likeness (QED) is 0.863. The normalized spacial score (nSPS) is 10.3. The van der Waals surface area contributed by atoms with Crippen molar-refractivity contribution in [1.82, 2.24) is 0 Å². The number of hydrogen-bond acceptors (Lipinski definition) is 2. The Kier molecular flexibility index (Phi) is 4.86. The van der Waals surface area contributed by atoms with E-state index in [2.05, 4.69) is 10.6 Å². The van der Waals surface area contributed by atoms with Crippen LogP contribution in [0.1, 0.15) is 28.4 Å². The van der Waals surface area contributed by atoms with Crippen molar-refractivity contribution in [1.29, 1.82) is 0 Å². The first-order valence-electron chi connectivity index (χ1n) is 6.93. The SMILES string of the molecule is CCNc1ccc(C(=O)Nc2ccc(C)c(Cl)c2)c(C)c1. The predicted octanol–water partition coefficient (Wildman–Crippen LogP) is 4.64. The number of rotatable bonds is 4. The van der Waals surface area contributed by atoms with Crippen LogP contribution >= 0.6 is 11.6 Å². The molecule has 21 heavy (non-hydrogen) atoms. The Morgan fingerprint density at radius 1 is 1.05 bits per heavy atom. The Balaban J connectivity index is 2.18. The van der Waals surface area contributed by atoms with E-state index in [1.165, 1.54) is 0 Å². The molecule has 0 aliphatic heterocycles. The summed E-state index contributed by atoms with van der Waals surface area (Å²) in [4.78, 5) is 12.3. The monoisotopic (exact) mass is 302 g/mol. The third kappa shape index (κ3) is 3.76. The van der Waals surface area contributed by atoms with Crippen LogP contribution in [0.25, 0.3) is 0 Å². The van der Waals surface area contributed by atoms with E-state index in [9.17, 15) is 4.79 Å². The molecule has 0 aliphatic rings. The van der Waals surface area contributed by atoms with Crippen LogP contribution in [0.2, 0.25) is 5.02 Å². The predicted molar refractivity (Wildman–Crippen MR) is 89.5 cm³/mol. The minimum atomic E-state index is -0.129. The van der Waals surface area contributed by atoms with Gasteiger partial charge >= 0.3 is 0 Å². The molecule has 3 nitrogen and oxygen atoms in total. The van der Waals surface area contributed by atoms with Crippen LogP contribution in [-0.2, 0) is 0 Å². The zero-order valence-corrected chi connectivity index (χ0v) is 13.2. The summed E-state index contributed by atoms with van der Waals surface area (Å²) in [5, 5.41) is 6.75. The fraction of sp³-hybridized carbons (Fsp3) is 0.235. The molecule has 2 aromatic carbocycles. The van der Waals surface area contributed by atoms with Crippen molar-refractivity contribution < 1.29 is 4.79 Å². The van der Waals surface area contributed by atoms with Crippen LogP contribution in [0.3, 0.4) is 0 Å². The second-order valence-corrected chi connectivity index (χ2v) is 5.39. The summed E-state index contributed by atoms with van der Waals surface area (Å²) in [5.74, 6) is -0.129. The number of benzene rings is 2. The lowest BCUT2D eigenvalue weighted by Gasteiger charge is -2.11. The first kappa shape index (κ1) is 15.4. The molecular weight excluding hydrogens is 284 g/mol. The highest BCUT2D eigenvalue weighted by Crippen LogP contribution is 2.21. The van der Waals surface area contributed by atoms with Crippen molar-refractivity contribution in [3.8, 4) is 0 Å². The van der Waals surface area contributed by atoms with E-state index < -0.39 is 0 Å². The van der Waals surface area contributed by atoms with Crippen LogP contribution in [0.5, 0.6) is 0 Å². The van der Waals surface area contributed by atoms with E-state index >= 15 is 0 Å². The second-order valence-electron chi connectivity index (χ2n) is 4.98. The van der Waals surface area contributed by atoms with Gasteiger partial charge in [0.05, 0.1) is 0 Å². The summed E-state index contributed by atoms with van der Waals surface area (Å²) >= 11 is 6.07. The van der Waals surface area contributed by atoms with Gasteiger partial charge in [0.2, 0.25) is 0 Å². The molecule has 0 bridgehead atoms. The lowest BCUT2D eigenvalue weighted by atomic mass is 10.1. The summed E-state index contributed by atoms with van der Waals surface area (Å²) < 4.78 is 0. The van der Waals surface area contributed by atoms with Gasteiger partial charge in [-0.05, 0) is 62.2 Å². The van der Waals surface area contributed by atoms with Gasteiger partial charge in [0.15, 0.2) is 0 Å². The summed E-state index contributed by atoms with van der Waals surface area (Å²) in [5.41, 5.74) is 4.30. The molecule has 0 unspecified atom stereocenters. The molecule has 0 aliphatic carbocycles. The molecule has 0 saturated heterocycles. The first-order chi connectivity index (χ1) is 10.0. The summed E-state index contributed by atoms with van der Waals surface area (Å²) in [6.07, 6.45) is 0. The molecule has 0 spiro atoms. The van der Waals surface area contributed by atoms with Crippen LogP contribution in [-0.4, -0.2) is 12.5 Å². The van der Waals surface area contributed by atoms with Crippen LogP contribution in [0.4, 0.5) is 11.4 Å². The molecule has 0 atom stereocenters. The molecule has 110 valence electrons. The van der Waals surface area contributed by atoms with E-state index in [-0.39, 0.29) is 5.91 Å². The molecule has 4 heteroatoms. The number of halogens is 1. The third-order valence-electron chi connectivity index (χ3n) is 3.28. The van der Waals surface area contributed by atoms with Gasteiger partial charge < -0.3 is 10.6 Å². The lowest BCUT2D eigenvalue weighted by molar-refractivity contribution is 0.102. The Morgan fingerprint density at radius 3 is 2.38 bits per heavy atom. The molecule has 0 fully saturated rings. The average molecular weight is 303 g/mol. The Morgan fingerprint density at radius 2 is 1.76 bits per heavy atom. The standard InChI is InChI=1S/C17H19ClN2O/c1-4-19-13-7-8-15(12(3)9-13)17(21)20-14-6-5-11(2)16(18)10-14/h5-10,19H,4H2,1-3H3,(H,20,21). The molecular formula is C17H19ClN2O. The number of aryl methyl sites for hydroxylation is 2. The smallest absolute Gasteiger partial charge is 0.255 e. The summed E-state index contributed by atoms with van der Waals surface area (Å²) in [6.45, 7) is 6.75. The van der Waals surface area contributed by atoms with Crippen LogP contribution in [0, 0.1) is 13.8 Å². The fourth-order valence-corrected chi connectivity index (χ4v) is 2.28. The number of amides is 1. The van der Waals surface area contributed by atoms with Crippen LogP contribution in [0.15, 0.2) is 36.4 Å². The van der Waals surface area contributed by atoms with E-state index in [1.54, 1.807) is 6.07 Å². The van der Waals surface area contributed by atoms with Crippen molar-refractivity contribution in [2.45, 2.75) is 20.8 Å². The van der Waals surface area contributed by atoms with E-state index in [1.807, 2.05) is 51.1 Å². The second kappa shape index (κ2) is 6.64. The Bertz CT molecular complexity index is 668. The van der Waals surface area contributed by atoms with E-state index in [0.29, 0.717) is 16.3 Å². The zero-order chi connectivity index (χ0) is 15.4. The maximum Gasteiger partial charge on any atom is 0.255 e. The Labute approximate surface area is 130 Å². The van der Waals surface area contributed by atoms with Crippen molar-refractivity contribution in [3.63, 3.8) is 0 Å². The number of carbonyl (C=O) groups excluding carboxylic acids is 1. The van der Waals surface area contributed by atoms with Gasteiger partial charge in [-0.1, -0.05) is 17.7 Å². The average Bonchev–Trinajstić information content (AvgIpc) is 2.43. The number of hydrogen-bond donors (Lipinski definition) is 2. The van der Waals surface area contributed by atoms with E-state index in [4.69, 9.17) is 11.6 Å².